The fourth-order valence-electron chi connectivity index (χ4n) is 4.48. The van der Waals surface area contributed by atoms with Crippen molar-refractivity contribution in [2.45, 2.75) is 155 Å². The molecule has 0 atom stereocenters. The molecule has 0 spiro atoms. The summed E-state index contributed by atoms with van der Waals surface area (Å²) in [5.41, 5.74) is 2.90. The quantitative estimate of drug-likeness (QED) is 0.166. The maximum Gasteiger partial charge on any atom is -0.0146 e. The van der Waals surface area contributed by atoms with E-state index in [1.807, 2.05) is 0 Å². The van der Waals surface area contributed by atoms with Crippen LogP contribution in [0.5, 0.6) is 0 Å². The molecule has 0 fully saturated rings. The molecule has 172 valence electrons. The third kappa shape index (κ3) is 16.0. The first-order valence-electron chi connectivity index (χ1n) is 13.8. The largest absolute Gasteiger partial charge is 0.0654 e. The molecule has 0 saturated heterocycles. The topological polar surface area (TPSA) is 0 Å². The first-order valence-corrected chi connectivity index (χ1v) is 13.8. The summed E-state index contributed by atoms with van der Waals surface area (Å²) in [5.74, 6) is 0. The maximum absolute atomic E-state index is 3.52. The van der Waals surface area contributed by atoms with Crippen molar-refractivity contribution in [1.29, 1.82) is 0 Å². The van der Waals surface area contributed by atoms with Gasteiger partial charge in [0.2, 0.25) is 0 Å². The Morgan fingerprint density at radius 2 is 0.667 bits per heavy atom. The Balaban J connectivity index is 2.02. The molecule has 1 aromatic rings. The van der Waals surface area contributed by atoms with Gasteiger partial charge in [0.1, 0.15) is 0 Å². The molecule has 30 heavy (non-hydrogen) atoms. The number of unbranched alkanes of at least 4 members (excludes halogenated alkanes) is 18. The second-order valence-corrected chi connectivity index (χ2v) is 9.44. The van der Waals surface area contributed by atoms with E-state index in [0.717, 1.165) is 0 Å². The van der Waals surface area contributed by atoms with Crippen LogP contribution in [0.2, 0.25) is 0 Å². The summed E-state index contributed by atoms with van der Waals surface area (Å²) in [6, 6.07) is 11.2. The molecule has 1 aromatic carbocycles. The van der Waals surface area contributed by atoms with Gasteiger partial charge in [-0.2, -0.15) is 0 Å². The lowest BCUT2D eigenvalue weighted by Crippen LogP contribution is -1.96. The SMILES string of the molecule is CCCCCCCCCCCCc1[c]cc[c]c1CCCCCCCCCCCC. The van der Waals surface area contributed by atoms with E-state index in [1.165, 1.54) is 152 Å². The molecular formula is C30H52. The molecule has 0 nitrogen and oxygen atoms in total. The summed E-state index contributed by atoms with van der Waals surface area (Å²) in [7, 11) is 0. The van der Waals surface area contributed by atoms with Gasteiger partial charge in [0, 0.05) is 0 Å². The first-order chi connectivity index (χ1) is 14.9. The van der Waals surface area contributed by atoms with E-state index in [-0.39, 0.29) is 0 Å². The van der Waals surface area contributed by atoms with Gasteiger partial charge >= 0.3 is 0 Å². The predicted octanol–water partition coefficient (Wildman–Crippen LogP) is 10.2. The van der Waals surface area contributed by atoms with E-state index in [0.29, 0.717) is 0 Å². The van der Waals surface area contributed by atoms with Crippen LogP contribution >= 0.6 is 0 Å². The predicted molar refractivity (Wildman–Crippen MR) is 135 cm³/mol. The lowest BCUT2D eigenvalue weighted by molar-refractivity contribution is 0.553. The monoisotopic (exact) mass is 412 g/mol. The molecule has 0 aliphatic rings. The average Bonchev–Trinajstić information content (AvgIpc) is 2.77. The minimum Gasteiger partial charge on any atom is -0.0654 e. The molecular weight excluding hydrogens is 360 g/mol. The number of hydrogen-bond acceptors (Lipinski definition) is 0. The highest BCUT2D eigenvalue weighted by Crippen LogP contribution is 2.17. The van der Waals surface area contributed by atoms with Crippen molar-refractivity contribution in [1.82, 2.24) is 0 Å². The molecule has 0 aromatic heterocycles. The zero-order valence-corrected chi connectivity index (χ0v) is 20.7. The van der Waals surface area contributed by atoms with Crippen LogP contribution in [0.1, 0.15) is 153 Å². The number of aryl methyl sites for hydroxylation is 2. The number of rotatable bonds is 22. The highest BCUT2D eigenvalue weighted by Gasteiger charge is 2.03. The molecule has 0 heterocycles. The van der Waals surface area contributed by atoms with Crippen molar-refractivity contribution in [3.8, 4) is 0 Å². The van der Waals surface area contributed by atoms with Crippen molar-refractivity contribution in [2.75, 3.05) is 0 Å². The maximum atomic E-state index is 3.52. The highest BCUT2D eigenvalue weighted by atomic mass is 14.1. The summed E-state index contributed by atoms with van der Waals surface area (Å²) >= 11 is 0. The van der Waals surface area contributed by atoms with E-state index in [1.54, 1.807) is 0 Å². The van der Waals surface area contributed by atoms with Crippen LogP contribution in [0.25, 0.3) is 0 Å². The minimum atomic E-state index is 1.21. The van der Waals surface area contributed by atoms with Gasteiger partial charge in [-0.15, -0.1) is 0 Å². The second kappa shape index (κ2) is 21.5. The summed E-state index contributed by atoms with van der Waals surface area (Å²) < 4.78 is 0. The van der Waals surface area contributed by atoms with E-state index in [4.69, 9.17) is 0 Å². The third-order valence-electron chi connectivity index (χ3n) is 6.52. The number of hydrogen-bond donors (Lipinski definition) is 0. The Morgan fingerprint density at radius 3 is 0.967 bits per heavy atom. The summed E-state index contributed by atoms with van der Waals surface area (Å²) in [5, 5.41) is 0. The van der Waals surface area contributed by atoms with Gasteiger partial charge in [-0.25, -0.2) is 0 Å². The highest BCUT2D eigenvalue weighted by molar-refractivity contribution is 5.25. The van der Waals surface area contributed by atoms with Crippen LogP contribution in [-0.2, 0) is 12.8 Å². The van der Waals surface area contributed by atoms with E-state index in [9.17, 15) is 0 Å². The van der Waals surface area contributed by atoms with Crippen LogP contribution < -0.4 is 0 Å². The van der Waals surface area contributed by atoms with Crippen molar-refractivity contribution >= 4 is 0 Å². The van der Waals surface area contributed by atoms with Gasteiger partial charge in [0.25, 0.3) is 0 Å². The van der Waals surface area contributed by atoms with Crippen molar-refractivity contribution in [2.24, 2.45) is 0 Å². The van der Waals surface area contributed by atoms with Gasteiger partial charge in [-0.3, -0.25) is 0 Å². The van der Waals surface area contributed by atoms with Gasteiger partial charge in [0.15, 0.2) is 0 Å². The zero-order chi connectivity index (χ0) is 21.5. The van der Waals surface area contributed by atoms with Gasteiger partial charge in [-0.1, -0.05) is 142 Å². The average molecular weight is 413 g/mol. The van der Waals surface area contributed by atoms with Crippen molar-refractivity contribution in [3.63, 3.8) is 0 Å². The molecule has 0 N–H and O–H groups in total. The van der Waals surface area contributed by atoms with Gasteiger partial charge < -0.3 is 0 Å². The summed E-state index contributed by atoms with van der Waals surface area (Å²) in [6.07, 6.45) is 30.7. The minimum absolute atomic E-state index is 1.21. The van der Waals surface area contributed by atoms with Gasteiger partial charge in [0.05, 0.1) is 0 Å². The van der Waals surface area contributed by atoms with Crippen LogP contribution in [0.15, 0.2) is 12.1 Å². The van der Waals surface area contributed by atoms with Crippen molar-refractivity contribution < 1.29 is 0 Å². The molecule has 1 rings (SSSR count). The van der Waals surface area contributed by atoms with Gasteiger partial charge in [-0.05, 0) is 48.9 Å². The van der Waals surface area contributed by atoms with E-state index >= 15 is 0 Å². The van der Waals surface area contributed by atoms with Crippen LogP contribution in [0, 0.1) is 12.1 Å². The Labute approximate surface area is 190 Å². The van der Waals surface area contributed by atoms with Crippen LogP contribution in [0.3, 0.4) is 0 Å². The second-order valence-electron chi connectivity index (χ2n) is 9.44. The smallest absolute Gasteiger partial charge is 0.0146 e. The molecule has 2 radical (unpaired) electrons. The molecule has 0 aliphatic heterocycles. The van der Waals surface area contributed by atoms with E-state index < -0.39 is 0 Å². The lowest BCUT2D eigenvalue weighted by atomic mass is 9.96. The molecule has 0 aliphatic carbocycles. The van der Waals surface area contributed by atoms with Crippen LogP contribution in [-0.4, -0.2) is 0 Å². The Morgan fingerprint density at radius 1 is 0.400 bits per heavy atom. The lowest BCUT2D eigenvalue weighted by Gasteiger charge is -2.09. The summed E-state index contributed by atoms with van der Waals surface area (Å²) in [6.45, 7) is 4.59. The molecule has 0 heteroatoms. The van der Waals surface area contributed by atoms with Crippen molar-refractivity contribution in [3.05, 3.63) is 35.4 Å². The van der Waals surface area contributed by atoms with E-state index in [2.05, 4.69) is 38.1 Å². The normalized spacial score (nSPS) is 11.3. The third-order valence-corrected chi connectivity index (χ3v) is 6.52. The number of benzene rings is 1. The Bertz CT molecular complexity index is 418. The standard InChI is InChI=1S/C30H52/c1-3-5-7-9-11-13-15-17-19-21-25-29-27-23-24-28-30(29)26-22-20-18-16-14-12-10-8-6-4-2/h23-24H,3-22,25-26H2,1-2H3. The zero-order valence-electron chi connectivity index (χ0n) is 20.7. The Kier molecular flexibility index (Phi) is 19.5. The fourth-order valence-corrected chi connectivity index (χ4v) is 4.48. The van der Waals surface area contributed by atoms with Crippen LogP contribution in [0.4, 0.5) is 0 Å². The Hall–Kier alpha value is -0.780. The molecule has 0 bridgehead atoms. The molecule has 0 unspecified atom stereocenters. The molecule has 0 saturated carbocycles. The summed E-state index contributed by atoms with van der Waals surface area (Å²) in [4.78, 5) is 0. The molecule has 0 amide bonds. The fraction of sp³-hybridized carbons (Fsp3) is 0.800. The first kappa shape index (κ1) is 27.3.